The van der Waals surface area contributed by atoms with E-state index >= 15 is 0 Å². The fourth-order valence-electron chi connectivity index (χ4n) is 3.05. The molecule has 0 bridgehead atoms. The minimum absolute atomic E-state index is 0.652. The fourth-order valence-corrected chi connectivity index (χ4v) is 4.46. The highest BCUT2D eigenvalue weighted by Crippen LogP contribution is 2.40. The van der Waals surface area contributed by atoms with Crippen LogP contribution in [0.3, 0.4) is 0 Å². The molecule has 1 aromatic heterocycles. The van der Waals surface area contributed by atoms with Crippen LogP contribution in [0, 0.1) is 18.8 Å². The first-order valence-electron chi connectivity index (χ1n) is 7.56. The molecule has 3 unspecified atom stereocenters. The van der Waals surface area contributed by atoms with Crippen LogP contribution in [0.25, 0.3) is 0 Å². The van der Waals surface area contributed by atoms with Crippen molar-refractivity contribution in [1.82, 2.24) is 5.32 Å². The largest absolute Gasteiger partial charge is 0.468 e. The third kappa shape index (κ3) is 3.79. The Balaban J connectivity index is 2.05. The molecule has 0 radical (unpaired) electrons. The number of furan rings is 1. The molecule has 1 saturated carbocycles. The van der Waals surface area contributed by atoms with Crippen molar-refractivity contribution in [3.8, 4) is 0 Å². The molecule has 2 rings (SSSR count). The maximum absolute atomic E-state index is 5.43. The maximum Gasteiger partial charge on any atom is 0.114 e. The summed E-state index contributed by atoms with van der Waals surface area (Å²) in [7, 11) is 0. The number of rotatable bonds is 5. The van der Waals surface area contributed by atoms with Crippen molar-refractivity contribution < 1.29 is 4.42 Å². The lowest BCUT2D eigenvalue weighted by Crippen LogP contribution is -2.43. The molecular formula is C16H27NOS. The van der Waals surface area contributed by atoms with Gasteiger partial charge in [0, 0.05) is 16.2 Å². The summed E-state index contributed by atoms with van der Waals surface area (Å²) in [4.78, 5) is 1.32. The van der Waals surface area contributed by atoms with E-state index < -0.39 is 0 Å². The van der Waals surface area contributed by atoms with Crippen LogP contribution in [0.5, 0.6) is 0 Å². The summed E-state index contributed by atoms with van der Waals surface area (Å²) in [5, 5.41) is 4.35. The summed E-state index contributed by atoms with van der Waals surface area (Å²) >= 11 is 2.01. The van der Waals surface area contributed by atoms with Gasteiger partial charge in [0.25, 0.3) is 0 Å². The van der Waals surface area contributed by atoms with Gasteiger partial charge in [-0.25, -0.2) is 0 Å². The van der Waals surface area contributed by atoms with Crippen LogP contribution in [0.4, 0.5) is 0 Å². The second-order valence-electron chi connectivity index (χ2n) is 5.98. The fraction of sp³-hybridized carbons (Fsp3) is 0.750. The second-order valence-corrected chi connectivity index (χ2v) is 7.26. The van der Waals surface area contributed by atoms with Gasteiger partial charge in [0.05, 0.1) is 6.26 Å². The Kier molecular flexibility index (Phi) is 5.40. The smallest absolute Gasteiger partial charge is 0.114 e. The Labute approximate surface area is 121 Å². The van der Waals surface area contributed by atoms with Gasteiger partial charge in [0.1, 0.15) is 5.76 Å². The number of aryl methyl sites for hydroxylation is 1. The monoisotopic (exact) mass is 281 g/mol. The topological polar surface area (TPSA) is 25.2 Å². The Bertz CT molecular complexity index is 388. The molecule has 1 fully saturated rings. The Morgan fingerprint density at radius 2 is 2.21 bits per heavy atom. The van der Waals surface area contributed by atoms with Gasteiger partial charge in [-0.05, 0) is 50.6 Å². The summed E-state index contributed by atoms with van der Waals surface area (Å²) in [6.45, 7) is 10.1. The molecular weight excluding hydrogens is 254 g/mol. The van der Waals surface area contributed by atoms with Gasteiger partial charge in [-0.1, -0.05) is 20.8 Å². The zero-order valence-corrected chi connectivity index (χ0v) is 13.4. The van der Waals surface area contributed by atoms with Gasteiger partial charge < -0.3 is 9.73 Å². The first-order chi connectivity index (χ1) is 9.11. The Morgan fingerprint density at radius 3 is 2.79 bits per heavy atom. The lowest BCUT2D eigenvalue weighted by molar-refractivity contribution is 0.247. The third-order valence-electron chi connectivity index (χ3n) is 4.33. The van der Waals surface area contributed by atoms with Crippen LogP contribution in [0.1, 0.15) is 45.8 Å². The molecule has 1 aromatic rings. The molecule has 108 valence electrons. The summed E-state index contributed by atoms with van der Waals surface area (Å²) in [6, 6.07) is 2.77. The van der Waals surface area contributed by atoms with Crippen LogP contribution < -0.4 is 5.32 Å². The summed E-state index contributed by atoms with van der Waals surface area (Å²) in [5.74, 6) is 2.74. The summed E-state index contributed by atoms with van der Waals surface area (Å²) in [6.07, 6.45) is 5.81. The molecule has 0 saturated heterocycles. The number of hydrogen-bond acceptors (Lipinski definition) is 3. The Morgan fingerprint density at radius 1 is 1.42 bits per heavy atom. The molecule has 0 amide bonds. The van der Waals surface area contributed by atoms with Crippen LogP contribution in [0.15, 0.2) is 21.6 Å². The zero-order chi connectivity index (χ0) is 13.8. The standard InChI is InChI=1S/C16H27NOS/c1-5-17-14-7-6-13(11(2)3)10-16(14)19-15-8-9-18-12(15)4/h8-9,11,13-14,16-17H,5-7,10H2,1-4H3. The van der Waals surface area contributed by atoms with Crippen LogP contribution in [0.2, 0.25) is 0 Å². The van der Waals surface area contributed by atoms with Gasteiger partial charge in [-0.3, -0.25) is 0 Å². The average Bonchev–Trinajstić information content (AvgIpc) is 2.77. The van der Waals surface area contributed by atoms with E-state index in [2.05, 4.69) is 39.1 Å². The Hall–Kier alpha value is -0.410. The van der Waals surface area contributed by atoms with E-state index in [1.807, 2.05) is 18.0 Å². The molecule has 3 atom stereocenters. The summed E-state index contributed by atoms with van der Waals surface area (Å²) < 4.78 is 5.43. The van der Waals surface area contributed by atoms with Gasteiger partial charge >= 0.3 is 0 Å². The van der Waals surface area contributed by atoms with Crippen molar-refractivity contribution in [2.45, 2.75) is 63.1 Å². The average molecular weight is 281 g/mol. The molecule has 0 aromatic carbocycles. The SMILES string of the molecule is CCNC1CCC(C(C)C)CC1Sc1ccoc1C. The van der Waals surface area contributed by atoms with Crippen molar-refractivity contribution in [2.75, 3.05) is 6.54 Å². The molecule has 3 heteroatoms. The minimum Gasteiger partial charge on any atom is -0.468 e. The van der Waals surface area contributed by atoms with E-state index in [1.54, 1.807) is 0 Å². The van der Waals surface area contributed by atoms with Crippen LogP contribution in [-0.4, -0.2) is 17.8 Å². The molecule has 0 spiro atoms. The van der Waals surface area contributed by atoms with Crippen molar-refractivity contribution in [2.24, 2.45) is 11.8 Å². The van der Waals surface area contributed by atoms with E-state index in [0.29, 0.717) is 11.3 Å². The van der Waals surface area contributed by atoms with Crippen molar-refractivity contribution in [3.63, 3.8) is 0 Å². The highest BCUT2D eigenvalue weighted by Gasteiger charge is 2.32. The van der Waals surface area contributed by atoms with Crippen LogP contribution in [-0.2, 0) is 0 Å². The lowest BCUT2D eigenvalue weighted by atomic mass is 9.79. The molecule has 2 nitrogen and oxygen atoms in total. The van der Waals surface area contributed by atoms with Gasteiger partial charge in [-0.2, -0.15) is 0 Å². The summed E-state index contributed by atoms with van der Waals surface area (Å²) in [5.41, 5.74) is 0. The maximum atomic E-state index is 5.43. The van der Waals surface area contributed by atoms with Crippen molar-refractivity contribution in [1.29, 1.82) is 0 Å². The van der Waals surface area contributed by atoms with Gasteiger partial charge in [0.2, 0.25) is 0 Å². The molecule has 1 heterocycles. The molecule has 1 aliphatic rings. The lowest BCUT2D eigenvalue weighted by Gasteiger charge is -2.37. The first-order valence-corrected chi connectivity index (χ1v) is 8.44. The molecule has 1 N–H and O–H groups in total. The predicted molar refractivity (Wildman–Crippen MR) is 82.7 cm³/mol. The van der Waals surface area contributed by atoms with Crippen molar-refractivity contribution in [3.05, 3.63) is 18.1 Å². The zero-order valence-electron chi connectivity index (χ0n) is 12.6. The first kappa shape index (κ1) is 15.0. The number of hydrogen-bond donors (Lipinski definition) is 1. The second kappa shape index (κ2) is 6.85. The highest BCUT2D eigenvalue weighted by molar-refractivity contribution is 8.00. The normalized spacial score (nSPS) is 27.9. The minimum atomic E-state index is 0.652. The van der Waals surface area contributed by atoms with E-state index in [1.165, 1.54) is 24.2 Å². The van der Waals surface area contributed by atoms with E-state index in [9.17, 15) is 0 Å². The van der Waals surface area contributed by atoms with Crippen LogP contribution >= 0.6 is 11.8 Å². The third-order valence-corrected chi connectivity index (χ3v) is 5.83. The molecule has 0 aliphatic heterocycles. The van der Waals surface area contributed by atoms with Gasteiger partial charge in [-0.15, -0.1) is 11.8 Å². The van der Waals surface area contributed by atoms with E-state index in [0.717, 1.165) is 24.1 Å². The number of nitrogens with one attached hydrogen (secondary N) is 1. The predicted octanol–water partition coefficient (Wildman–Crippen LogP) is 4.48. The van der Waals surface area contributed by atoms with E-state index in [-0.39, 0.29) is 0 Å². The van der Waals surface area contributed by atoms with Gasteiger partial charge in [0.15, 0.2) is 0 Å². The highest BCUT2D eigenvalue weighted by atomic mass is 32.2. The van der Waals surface area contributed by atoms with E-state index in [4.69, 9.17) is 4.42 Å². The van der Waals surface area contributed by atoms with Crippen molar-refractivity contribution >= 4 is 11.8 Å². The quantitative estimate of drug-likeness (QED) is 0.861. The molecule has 1 aliphatic carbocycles. The molecule has 19 heavy (non-hydrogen) atoms. The number of thioether (sulfide) groups is 1.